The van der Waals surface area contributed by atoms with Crippen LogP contribution in [0.2, 0.25) is 0 Å². The Hall–Kier alpha value is -1.83. The minimum absolute atomic E-state index is 0.0524. The Morgan fingerprint density at radius 2 is 2.10 bits per heavy atom. The molecule has 4 nitrogen and oxygen atoms in total. The van der Waals surface area contributed by atoms with Gasteiger partial charge >= 0.3 is 6.18 Å². The molecule has 3 rings (SSSR count). The van der Waals surface area contributed by atoms with Crippen LogP contribution in [0, 0.1) is 0 Å². The number of nitrogen functional groups attached to an aromatic ring is 1. The van der Waals surface area contributed by atoms with Crippen molar-refractivity contribution in [1.29, 1.82) is 0 Å². The third-order valence-corrected chi connectivity index (χ3v) is 4.35. The zero-order valence-corrected chi connectivity index (χ0v) is 11.8. The number of benzene rings is 1. The number of rotatable bonds is 2. The largest absolute Gasteiger partial charge is 0.445 e. The number of nitrogens with zero attached hydrogens (tertiary/aromatic N) is 2. The van der Waals surface area contributed by atoms with Crippen LogP contribution < -0.4 is 11.1 Å². The first-order valence-corrected chi connectivity index (χ1v) is 7.30. The number of hydrogen-bond acceptors (Lipinski definition) is 5. The van der Waals surface area contributed by atoms with Gasteiger partial charge in [-0.25, -0.2) is 0 Å². The summed E-state index contributed by atoms with van der Waals surface area (Å²) in [7, 11) is 0. The smallest absolute Gasteiger partial charge is 0.399 e. The molecule has 0 aliphatic heterocycles. The Bertz CT molecular complexity index is 653. The van der Waals surface area contributed by atoms with Gasteiger partial charge in [0.15, 0.2) is 0 Å². The fourth-order valence-electron chi connectivity index (χ4n) is 2.53. The molecular formula is C13H13F3N4S. The van der Waals surface area contributed by atoms with Gasteiger partial charge in [-0.2, -0.15) is 13.2 Å². The lowest BCUT2D eigenvalue weighted by atomic mass is 9.87. The van der Waals surface area contributed by atoms with Crippen LogP contribution >= 0.6 is 11.3 Å². The number of hydrogen-bond donors (Lipinski definition) is 2. The third kappa shape index (κ3) is 2.94. The molecule has 0 bridgehead atoms. The van der Waals surface area contributed by atoms with Gasteiger partial charge < -0.3 is 11.1 Å². The van der Waals surface area contributed by atoms with E-state index in [2.05, 4.69) is 15.5 Å². The number of alkyl halides is 3. The second-order valence-electron chi connectivity index (χ2n) is 4.96. The first-order chi connectivity index (χ1) is 9.93. The molecule has 8 heteroatoms. The van der Waals surface area contributed by atoms with Gasteiger partial charge in [0.1, 0.15) is 0 Å². The van der Waals surface area contributed by atoms with E-state index in [1.54, 1.807) is 6.07 Å². The quantitative estimate of drug-likeness (QED) is 0.831. The molecule has 21 heavy (non-hydrogen) atoms. The zero-order valence-electron chi connectivity index (χ0n) is 10.9. The molecule has 1 aliphatic rings. The molecule has 1 aromatic carbocycles. The van der Waals surface area contributed by atoms with E-state index >= 15 is 0 Å². The molecule has 1 aromatic heterocycles. The number of fused-ring (bicyclic) bond motifs is 1. The predicted molar refractivity (Wildman–Crippen MR) is 75.1 cm³/mol. The highest BCUT2D eigenvalue weighted by atomic mass is 32.1. The fraction of sp³-hybridized carbons (Fsp3) is 0.385. The number of nitrogens with two attached hydrogens (primary N) is 1. The summed E-state index contributed by atoms with van der Waals surface area (Å²) in [5.41, 5.74) is 8.67. The van der Waals surface area contributed by atoms with Crippen LogP contribution in [0.5, 0.6) is 0 Å². The molecular weight excluding hydrogens is 301 g/mol. The Morgan fingerprint density at radius 1 is 1.29 bits per heavy atom. The highest BCUT2D eigenvalue weighted by Gasteiger charge is 2.36. The number of aryl methyl sites for hydroxylation is 1. The maximum absolute atomic E-state index is 12.5. The van der Waals surface area contributed by atoms with E-state index in [1.165, 1.54) is 0 Å². The van der Waals surface area contributed by atoms with Crippen LogP contribution in [0.4, 0.5) is 24.0 Å². The lowest BCUT2D eigenvalue weighted by Crippen LogP contribution is -2.17. The van der Waals surface area contributed by atoms with Crippen LogP contribution in [0.25, 0.3) is 0 Å². The van der Waals surface area contributed by atoms with Crippen LogP contribution in [-0.2, 0) is 12.6 Å². The van der Waals surface area contributed by atoms with Crippen molar-refractivity contribution in [2.75, 3.05) is 11.1 Å². The van der Waals surface area contributed by atoms with Gasteiger partial charge in [0.25, 0.3) is 0 Å². The standard InChI is InChI=1S/C13H13F3N4S/c14-13(15,16)11-19-20-12(21-11)18-10-3-1-2-7-6-8(17)4-5-9(7)10/h4-6,10H,1-3,17H2,(H,18,20). The molecule has 0 fully saturated rings. The average Bonchev–Trinajstić information content (AvgIpc) is 2.87. The Kier molecular flexibility index (Phi) is 3.48. The first-order valence-electron chi connectivity index (χ1n) is 6.49. The van der Waals surface area contributed by atoms with E-state index in [0.717, 1.165) is 30.4 Å². The van der Waals surface area contributed by atoms with Crippen LogP contribution in [0.15, 0.2) is 18.2 Å². The molecule has 3 N–H and O–H groups in total. The highest BCUT2D eigenvalue weighted by Crippen LogP contribution is 2.37. The zero-order chi connectivity index (χ0) is 15.0. The van der Waals surface area contributed by atoms with Crippen LogP contribution in [0.3, 0.4) is 0 Å². The summed E-state index contributed by atoms with van der Waals surface area (Å²) in [6, 6.07) is 5.60. The fourth-order valence-corrected chi connectivity index (χ4v) is 3.19. The monoisotopic (exact) mass is 314 g/mol. The lowest BCUT2D eigenvalue weighted by molar-refractivity contribution is -0.138. The van der Waals surface area contributed by atoms with E-state index in [0.29, 0.717) is 17.0 Å². The molecule has 0 spiro atoms. The van der Waals surface area contributed by atoms with Crippen LogP contribution in [0.1, 0.15) is 35.0 Å². The van der Waals surface area contributed by atoms with Crippen molar-refractivity contribution in [3.63, 3.8) is 0 Å². The molecule has 0 saturated heterocycles. The van der Waals surface area contributed by atoms with E-state index < -0.39 is 11.2 Å². The van der Waals surface area contributed by atoms with Crippen molar-refractivity contribution in [1.82, 2.24) is 10.2 Å². The summed E-state index contributed by atoms with van der Waals surface area (Å²) in [5.74, 6) is 0. The van der Waals surface area contributed by atoms with Gasteiger partial charge in [-0.15, -0.1) is 10.2 Å². The maximum Gasteiger partial charge on any atom is 0.445 e. The van der Waals surface area contributed by atoms with Gasteiger partial charge in [-0.3, -0.25) is 0 Å². The highest BCUT2D eigenvalue weighted by molar-refractivity contribution is 7.15. The maximum atomic E-state index is 12.5. The molecule has 0 saturated carbocycles. The Labute approximate surface area is 123 Å². The molecule has 0 radical (unpaired) electrons. The number of anilines is 2. The summed E-state index contributed by atoms with van der Waals surface area (Å²) in [6.45, 7) is 0. The topological polar surface area (TPSA) is 63.8 Å². The Balaban J connectivity index is 1.82. The number of aromatic nitrogens is 2. The van der Waals surface area contributed by atoms with E-state index in [9.17, 15) is 13.2 Å². The normalized spacial score (nSPS) is 18.3. The second kappa shape index (κ2) is 5.18. The van der Waals surface area contributed by atoms with Crippen molar-refractivity contribution in [2.24, 2.45) is 0 Å². The van der Waals surface area contributed by atoms with E-state index in [4.69, 9.17) is 5.73 Å². The van der Waals surface area contributed by atoms with Gasteiger partial charge in [0, 0.05) is 5.69 Å². The van der Waals surface area contributed by atoms with Gasteiger partial charge in [0.05, 0.1) is 6.04 Å². The van der Waals surface area contributed by atoms with E-state index in [1.807, 2.05) is 12.1 Å². The van der Waals surface area contributed by atoms with Crippen molar-refractivity contribution in [3.05, 3.63) is 34.3 Å². The second-order valence-corrected chi connectivity index (χ2v) is 5.94. The predicted octanol–water partition coefficient (Wildman–Crippen LogP) is 3.63. The average molecular weight is 314 g/mol. The summed E-state index contributed by atoms with van der Waals surface area (Å²) in [6.07, 6.45) is -1.71. The first kappa shape index (κ1) is 14.1. The molecule has 1 heterocycles. The van der Waals surface area contributed by atoms with Crippen molar-refractivity contribution < 1.29 is 13.2 Å². The Morgan fingerprint density at radius 3 is 2.81 bits per heavy atom. The number of nitrogens with one attached hydrogen (secondary N) is 1. The third-order valence-electron chi connectivity index (χ3n) is 3.45. The summed E-state index contributed by atoms with van der Waals surface area (Å²) in [5, 5.41) is 9.08. The number of halogens is 3. The van der Waals surface area contributed by atoms with Crippen molar-refractivity contribution in [2.45, 2.75) is 31.5 Å². The van der Waals surface area contributed by atoms with Gasteiger partial charge in [0.2, 0.25) is 10.1 Å². The molecule has 1 unspecified atom stereocenters. The molecule has 2 aromatic rings. The minimum Gasteiger partial charge on any atom is -0.399 e. The van der Waals surface area contributed by atoms with Crippen molar-refractivity contribution in [3.8, 4) is 0 Å². The van der Waals surface area contributed by atoms with Crippen LogP contribution in [-0.4, -0.2) is 10.2 Å². The summed E-state index contributed by atoms with van der Waals surface area (Å²) >= 11 is 0.528. The molecule has 1 atom stereocenters. The van der Waals surface area contributed by atoms with E-state index in [-0.39, 0.29) is 11.2 Å². The van der Waals surface area contributed by atoms with Gasteiger partial charge in [-0.05, 0) is 42.5 Å². The summed E-state index contributed by atoms with van der Waals surface area (Å²) in [4.78, 5) is 0. The summed E-state index contributed by atoms with van der Waals surface area (Å²) < 4.78 is 37.6. The lowest BCUT2D eigenvalue weighted by Gasteiger charge is -2.26. The minimum atomic E-state index is -4.45. The molecule has 1 aliphatic carbocycles. The molecule has 0 amide bonds. The molecule has 112 valence electrons. The van der Waals surface area contributed by atoms with Crippen molar-refractivity contribution >= 4 is 22.2 Å². The van der Waals surface area contributed by atoms with Gasteiger partial charge in [-0.1, -0.05) is 17.4 Å². The SMILES string of the molecule is Nc1ccc2c(c1)CCCC2Nc1nnc(C(F)(F)F)s1.